The van der Waals surface area contributed by atoms with Crippen LogP contribution >= 0.6 is 23.2 Å². The van der Waals surface area contributed by atoms with Crippen LogP contribution in [0.1, 0.15) is 97.6 Å². The maximum atomic E-state index is 14.5. The van der Waals surface area contributed by atoms with E-state index in [-0.39, 0.29) is 25.0 Å². The van der Waals surface area contributed by atoms with Crippen molar-refractivity contribution in [3.8, 4) is 0 Å². The van der Waals surface area contributed by atoms with Crippen LogP contribution in [0.5, 0.6) is 0 Å². The minimum Gasteiger partial charge on any atom is -0.460 e. The number of fused-ring (bicyclic) bond motifs is 1. The van der Waals surface area contributed by atoms with Gasteiger partial charge in [-0.15, -0.1) is 0 Å². The number of para-hydroxylation sites is 1. The molecule has 0 saturated heterocycles. The van der Waals surface area contributed by atoms with Crippen molar-refractivity contribution in [2.45, 2.75) is 123 Å². The Labute approximate surface area is 376 Å². The van der Waals surface area contributed by atoms with Crippen molar-refractivity contribution in [3.05, 3.63) is 100 Å². The van der Waals surface area contributed by atoms with Gasteiger partial charge in [-0.2, -0.15) is 0 Å². The molecule has 0 saturated carbocycles. The largest absolute Gasteiger partial charge is 0.460 e. The van der Waals surface area contributed by atoms with E-state index < -0.39 is 83.0 Å². The fourth-order valence-corrected chi connectivity index (χ4v) is 6.44. The predicted octanol–water partition coefficient (Wildman–Crippen LogP) is 7.53. The Bertz CT molecular complexity index is 2310. The van der Waals surface area contributed by atoms with Crippen LogP contribution in [0.15, 0.2) is 78.9 Å². The summed E-state index contributed by atoms with van der Waals surface area (Å²) in [4.78, 5) is 96.3. The highest BCUT2D eigenvalue weighted by molar-refractivity contribution is 6.31. The Hall–Kier alpha value is -5.93. The first-order valence-electron chi connectivity index (χ1n) is 20.3. The third-order valence-corrected chi connectivity index (χ3v) is 9.19. The summed E-state index contributed by atoms with van der Waals surface area (Å²) in [5.74, 6) is -4.91. The number of carbonyl (C=O) groups is 7. The molecule has 0 aliphatic heterocycles. The molecule has 0 fully saturated rings. The number of rotatable bonds is 15. The van der Waals surface area contributed by atoms with Gasteiger partial charge in [0.1, 0.15) is 40.6 Å². The summed E-state index contributed by atoms with van der Waals surface area (Å²) < 4.78 is 17.6. The third kappa shape index (κ3) is 16.0. The molecule has 3 aromatic carbocycles. The van der Waals surface area contributed by atoms with Gasteiger partial charge in [-0.1, -0.05) is 53.5 Å². The summed E-state index contributed by atoms with van der Waals surface area (Å²) in [5, 5.41) is 11.8. The molecule has 63 heavy (non-hydrogen) atoms. The zero-order valence-electron chi connectivity index (χ0n) is 36.9. The minimum atomic E-state index is -1.67. The van der Waals surface area contributed by atoms with E-state index in [2.05, 4.69) is 21.3 Å². The lowest BCUT2D eigenvalue weighted by Crippen LogP contribution is -2.57. The van der Waals surface area contributed by atoms with Crippen LogP contribution in [-0.2, 0) is 44.6 Å². The van der Waals surface area contributed by atoms with E-state index in [0.29, 0.717) is 32.2 Å². The molecule has 0 aliphatic rings. The first-order valence-corrected chi connectivity index (χ1v) is 21.0. The number of carbonyl (C=O) groups excluding carboxylic acids is 7. The molecule has 1 aromatic heterocycles. The zero-order valence-corrected chi connectivity index (χ0v) is 38.4. The number of hydrogen-bond donors (Lipinski definition) is 4. The van der Waals surface area contributed by atoms with E-state index in [4.69, 9.17) is 37.4 Å². The van der Waals surface area contributed by atoms with Crippen LogP contribution in [-0.4, -0.2) is 81.2 Å². The van der Waals surface area contributed by atoms with Crippen molar-refractivity contribution in [1.29, 1.82) is 0 Å². The first-order chi connectivity index (χ1) is 29.3. The Morgan fingerprint density at radius 3 is 1.76 bits per heavy atom. The van der Waals surface area contributed by atoms with E-state index >= 15 is 0 Å². The van der Waals surface area contributed by atoms with Gasteiger partial charge in [0.05, 0.1) is 11.9 Å². The average Bonchev–Trinajstić information content (AvgIpc) is 3.54. The zero-order chi connectivity index (χ0) is 46.9. The quantitative estimate of drug-likeness (QED) is 0.0683. The molecule has 0 spiro atoms. The lowest BCUT2D eigenvalue weighted by Gasteiger charge is -2.27. The molecule has 0 bridgehead atoms. The highest BCUT2D eigenvalue weighted by Crippen LogP contribution is 2.26. The van der Waals surface area contributed by atoms with Gasteiger partial charge in [-0.3, -0.25) is 28.8 Å². The monoisotopic (exact) mass is 907 g/mol. The SMILES string of the molecule is CC(C)(C)OC(=O)CC[C@H](NC(=O)[C@H](CC(=O)OC(C)(C)C)NC(=O)[C@H](Cc1ccc(Cl)cc1)NC(=O)c1cc2cc(Cl)ccc2n1C(=O)OC(C)(C)C)C(=O)Nc1ccccc1. The molecule has 4 aromatic rings. The van der Waals surface area contributed by atoms with Crippen LogP contribution in [0.3, 0.4) is 0 Å². The summed E-state index contributed by atoms with van der Waals surface area (Å²) in [6, 6.07) is 16.5. The minimum absolute atomic E-state index is 0.147. The number of aromatic nitrogens is 1. The number of halogens is 2. The third-order valence-electron chi connectivity index (χ3n) is 8.70. The highest BCUT2D eigenvalue weighted by atomic mass is 35.5. The predicted molar refractivity (Wildman–Crippen MR) is 239 cm³/mol. The molecule has 17 heteroatoms. The lowest BCUT2D eigenvalue weighted by atomic mass is 10.0. The maximum Gasteiger partial charge on any atom is 0.419 e. The number of anilines is 1. The molecule has 0 radical (unpaired) electrons. The highest BCUT2D eigenvalue weighted by Gasteiger charge is 2.34. The number of nitrogens with one attached hydrogen (secondary N) is 4. The Morgan fingerprint density at radius 1 is 0.603 bits per heavy atom. The molecule has 4 N–H and O–H groups in total. The van der Waals surface area contributed by atoms with Crippen LogP contribution in [0.25, 0.3) is 10.9 Å². The number of amides is 4. The topological polar surface area (TPSA) is 200 Å². The van der Waals surface area contributed by atoms with Gasteiger partial charge < -0.3 is 35.5 Å². The van der Waals surface area contributed by atoms with Gasteiger partial charge >= 0.3 is 18.0 Å². The number of esters is 2. The average molecular weight is 909 g/mol. The van der Waals surface area contributed by atoms with Crippen molar-refractivity contribution in [2.24, 2.45) is 0 Å². The summed E-state index contributed by atoms with van der Waals surface area (Å²) in [5.41, 5.74) is -1.65. The van der Waals surface area contributed by atoms with Crippen LogP contribution in [0, 0.1) is 0 Å². The second kappa shape index (κ2) is 21.0. The number of ether oxygens (including phenoxy) is 3. The Kier molecular flexibility index (Phi) is 16.5. The van der Waals surface area contributed by atoms with E-state index in [1.54, 1.807) is 135 Å². The van der Waals surface area contributed by atoms with Crippen molar-refractivity contribution < 1.29 is 47.8 Å². The van der Waals surface area contributed by atoms with E-state index in [0.717, 1.165) is 4.57 Å². The van der Waals surface area contributed by atoms with Gasteiger partial charge in [0.25, 0.3) is 5.91 Å². The summed E-state index contributed by atoms with van der Waals surface area (Å²) in [6.07, 6.45) is -2.18. The fourth-order valence-electron chi connectivity index (χ4n) is 6.13. The molecule has 1 heterocycles. The molecule has 0 unspecified atom stereocenters. The summed E-state index contributed by atoms with van der Waals surface area (Å²) >= 11 is 12.4. The van der Waals surface area contributed by atoms with Crippen molar-refractivity contribution >= 4 is 81.5 Å². The molecular weight excluding hydrogens is 853 g/mol. The van der Waals surface area contributed by atoms with Crippen molar-refractivity contribution in [2.75, 3.05) is 5.32 Å². The van der Waals surface area contributed by atoms with E-state index in [1.165, 1.54) is 6.07 Å². The number of nitrogens with zero attached hydrogens (tertiary/aromatic N) is 1. The molecule has 15 nitrogen and oxygen atoms in total. The standard InChI is InChI=1S/C46H55Cl2N5O10/c1-44(2,3)61-37(54)22-20-32(39(56)49-31-13-11-10-12-14-31)50-41(58)34(26-38(55)62-45(4,5)6)51-40(57)33(23-27-15-17-29(47)18-16-27)52-42(59)36-25-28-24-30(48)19-21-35(28)53(36)43(60)63-46(7,8)9/h10-19,21,24-25,32-34H,20,22-23,26H2,1-9H3,(H,49,56)(H,50,58)(H,51,57)(H,52,59)/t32-,33-,34-/m0/s1. The summed E-state index contributed by atoms with van der Waals surface area (Å²) in [6.45, 7) is 15.0. The van der Waals surface area contributed by atoms with Gasteiger partial charge in [0, 0.05) is 34.0 Å². The first kappa shape index (κ1) is 49.7. The van der Waals surface area contributed by atoms with Gasteiger partial charge in [-0.05, 0) is 123 Å². The second-order valence-corrected chi connectivity index (χ2v) is 18.7. The molecule has 3 atom stereocenters. The molecule has 4 rings (SSSR count). The Balaban J connectivity index is 1.71. The molecule has 0 aliphatic carbocycles. The van der Waals surface area contributed by atoms with Crippen LogP contribution in [0.2, 0.25) is 10.0 Å². The number of benzene rings is 3. The maximum absolute atomic E-state index is 14.5. The van der Waals surface area contributed by atoms with Crippen LogP contribution < -0.4 is 21.3 Å². The van der Waals surface area contributed by atoms with Gasteiger partial charge in [0.15, 0.2) is 0 Å². The Morgan fingerprint density at radius 2 is 1.16 bits per heavy atom. The van der Waals surface area contributed by atoms with Gasteiger partial charge in [-0.25, -0.2) is 9.36 Å². The van der Waals surface area contributed by atoms with Crippen molar-refractivity contribution in [1.82, 2.24) is 20.5 Å². The molecule has 4 amide bonds. The fraction of sp³-hybridized carbons (Fsp3) is 0.413. The van der Waals surface area contributed by atoms with Crippen LogP contribution in [0.4, 0.5) is 10.5 Å². The normalized spacial score (nSPS) is 13.2. The number of hydrogen-bond acceptors (Lipinski definition) is 10. The second-order valence-electron chi connectivity index (χ2n) is 17.8. The van der Waals surface area contributed by atoms with Gasteiger partial charge in [0.2, 0.25) is 17.7 Å². The summed E-state index contributed by atoms with van der Waals surface area (Å²) in [7, 11) is 0. The molecule has 338 valence electrons. The van der Waals surface area contributed by atoms with Crippen molar-refractivity contribution in [3.63, 3.8) is 0 Å². The lowest BCUT2D eigenvalue weighted by molar-refractivity contribution is -0.156. The van der Waals surface area contributed by atoms with E-state index in [9.17, 15) is 33.6 Å². The smallest absolute Gasteiger partial charge is 0.419 e. The molecular formula is C46H55Cl2N5O10. The van der Waals surface area contributed by atoms with E-state index in [1.807, 2.05) is 0 Å².